The monoisotopic (exact) mass is 352 g/mol. The lowest BCUT2D eigenvalue weighted by atomic mass is 9.96. The molecule has 2 aliphatic heterocycles. The van der Waals surface area contributed by atoms with Crippen molar-refractivity contribution in [2.45, 2.75) is 12.8 Å². The minimum Gasteiger partial charge on any atom is -0.355 e. The minimum atomic E-state index is -0.128. The van der Waals surface area contributed by atoms with Crippen LogP contribution in [0.1, 0.15) is 12.8 Å². The second kappa shape index (κ2) is 8.89. The molecule has 3 rings (SSSR count). The highest BCUT2D eigenvalue weighted by Crippen LogP contribution is 2.18. The minimum absolute atomic E-state index is 0. The van der Waals surface area contributed by atoms with Crippen molar-refractivity contribution in [1.29, 1.82) is 0 Å². The van der Waals surface area contributed by atoms with E-state index in [1.807, 2.05) is 30.3 Å². The summed E-state index contributed by atoms with van der Waals surface area (Å²) in [5.74, 6) is 0.535. The van der Waals surface area contributed by atoms with Crippen molar-refractivity contribution in [3.63, 3.8) is 0 Å². The molecule has 7 heteroatoms. The molecule has 1 aromatic carbocycles. The maximum absolute atomic E-state index is 12.3. The average Bonchev–Trinajstić information content (AvgIpc) is 2.54. The molecule has 24 heavy (non-hydrogen) atoms. The zero-order chi connectivity index (χ0) is 16.1. The number of benzene rings is 1. The molecule has 0 aliphatic carbocycles. The van der Waals surface area contributed by atoms with E-state index >= 15 is 0 Å². The van der Waals surface area contributed by atoms with Crippen molar-refractivity contribution in [3.8, 4) is 0 Å². The van der Waals surface area contributed by atoms with Gasteiger partial charge in [0.1, 0.15) is 0 Å². The first-order chi connectivity index (χ1) is 11.2. The van der Waals surface area contributed by atoms with Crippen molar-refractivity contribution in [3.05, 3.63) is 30.3 Å². The van der Waals surface area contributed by atoms with Gasteiger partial charge in [-0.05, 0) is 25.0 Å². The van der Waals surface area contributed by atoms with E-state index in [9.17, 15) is 9.59 Å². The zero-order valence-corrected chi connectivity index (χ0v) is 14.5. The average molecular weight is 353 g/mol. The molecular weight excluding hydrogens is 328 g/mol. The van der Waals surface area contributed by atoms with Crippen molar-refractivity contribution < 1.29 is 9.59 Å². The Morgan fingerprint density at radius 3 is 2.62 bits per heavy atom. The fourth-order valence-electron chi connectivity index (χ4n) is 2.98. The number of carbonyl (C=O) groups excluding carboxylic acids is 2. The largest absolute Gasteiger partial charge is 0.355 e. The number of anilines is 1. The Kier molecular flexibility index (Phi) is 6.87. The highest BCUT2D eigenvalue weighted by atomic mass is 35.5. The number of likely N-dealkylation sites (tertiary alicyclic amines) is 1. The third-order valence-corrected chi connectivity index (χ3v) is 4.54. The normalized spacial score (nSPS) is 20.5. The van der Waals surface area contributed by atoms with Crippen LogP contribution in [0.2, 0.25) is 0 Å². The number of piperidine rings is 1. The first-order valence-corrected chi connectivity index (χ1v) is 8.32. The van der Waals surface area contributed by atoms with Gasteiger partial charge >= 0.3 is 6.03 Å². The van der Waals surface area contributed by atoms with E-state index in [2.05, 4.69) is 16.0 Å². The first-order valence-electron chi connectivity index (χ1n) is 8.32. The van der Waals surface area contributed by atoms with Crippen molar-refractivity contribution in [1.82, 2.24) is 15.5 Å². The molecule has 0 saturated carbocycles. The van der Waals surface area contributed by atoms with Gasteiger partial charge < -0.3 is 20.9 Å². The smallest absolute Gasteiger partial charge is 0.321 e. The van der Waals surface area contributed by atoms with Gasteiger partial charge in [-0.2, -0.15) is 0 Å². The molecule has 0 radical (unpaired) electrons. The van der Waals surface area contributed by atoms with Crippen LogP contribution in [0.25, 0.3) is 0 Å². The summed E-state index contributed by atoms with van der Waals surface area (Å²) >= 11 is 0. The van der Waals surface area contributed by atoms with Gasteiger partial charge in [0.2, 0.25) is 5.91 Å². The molecule has 1 aromatic rings. The summed E-state index contributed by atoms with van der Waals surface area (Å²) in [5, 5.41) is 9.11. The quantitative estimate of drug-likeness (QED) is 0.772. The number of hydrogen-bond donors (Lipinski definition) is 3. The molecule has 1 atom stereocenters. The molecule has 132 valence electrons. The molecule has 2 heterocycles. The molecule has 1 unspecified atom stereocenters. The van der Waals surface area contributed by atoms with Crippen LogP contribution < -0.4 is 16.0 Å². The SMILES string of the molecule is Cl.O=C(NCC1CNC1)C1CCCN(C(=O)Nc2ccccc2)C1. The second-order valence-corrected chi connectivity index (χ2v) is 6.35. The fraction of sp³-hybridized carbons (Fsp3) is 0.529. The molecule has 2 fully saturated rings. The maximum Gasteiger partial charge on any atom is 0.321 e. The molecule has 0 aromatic heterocycles. The fourth-order valence-corrected chi connectivity index (χ4v) is 2.98. The van der Waals surface area contributed by atoms with Gasteiger partial charge in [0.15, 0.2) is 0 Å². The number of rotatable bonds is 4. The predicted molar refractivity (Wildman–Crippen MR) is 96.4 cm³/mol. The van der Waals surface area contributed by atoms with Gasteiger partial charge in [-0.25, -0.2) is 4.79 Å². The second-order valence-electron chi connectivity index (χ2n) is 6.35. The van der Waals surface area contributed by atoms with Crippen LogP contribution in [-0.2, 0) is 4.79 Å². The summed E-state index contributed by atoms with van der Waals surface area (Å²) in [6.45, 7) is 3.90. The lowest BCUT2D eigenvalue weighted by Gasteiger charge is -2.33. The zero-order valence-electron chi connectivity index (χ0n) is 13.7. The number of carbonyl (C=O) groups is 2. The van der Waals surface area contributed by atoms with E-state index in [1.165, 1.54) is 0 Å². The lowest BCUT2D eigenvalue weighted by molar-refractivity contribution is -0.126. The van der Waals surface area contributed by atoms with E-state index in [0.29, 0.717) is 19.0 Å². The summed E-state index contributed by atoms with van der Waals surface area (Å²) in [6, 6.07) is 9.28. The number of para-hydroxylation sites is 1. The summed E-state index contributed by atoms with van der Waals surface area (Å²) in [4.78, 5) is 26.4. The molecule has 3 N–H and O–H groups in total. The van der Waals surface area contributed by atoms with Crippen LogP contribution in [0, 0.1) is 11.8 Å². The third-order valence-electron chi connectivity index (χ3n) is 4.54. The number of nitrogens with zero attached hydrogens (tertiary/aromatic N) is 1. The van der Waals surface area contributed by atoms with Crippen molar-refractivity contribution >= 4 is 30.0 Å². The Balaban J connectivity index is 0.00000208. The molecular formula is C17H25ClN4O2. The van der Waals surface area contributed by atoms with Gasteiger partial charge in [0.25, 0.3) is 0 Å². The van der Waals surface area contributed by atoms with Crippen molar-refractivity contribution in [2.75, 3.05) is 38.0 Å². The highest BCUT2D eigenvalue weighted by molar-refractivity contribution is 5.90. The Morgan fingerprint density at radius 1 is 1.21 bits per heavy atom. The van der Waals surface area contributed by atoms with Crippen LogP contribution in [0.15, 0.2) is 30.3 Å². The van der Waals surface area contributed by atoms with Gasteiger partial charge in [-0.3, -0.25) is 4.79 Å². The maximum atomic E-state index is 12.3. The van der Waals surface area contributed by atoms with Gasteiger partial charge in [-0.1, -0.05) is 18.2 Å². The number of halogens is 1. The summed E-state index contributed by atoms with van der Waals surface area (Å²) in [7, 11) is 0. The molecule has 3 amide bonds. The van der Waals surface area contributed by atoms with E-state index in [4.69, 9.17) is 0 Å². The molecule has 0 bridgehead atoms. The van der Waals surface area contributed by atoms with Crippen LogP contribution in [0.4, 0.5) is 10.5 Å². The lowest BCUT2D eigenvalue weighted by Crippen LogP contribution is -2.51. The topological polar surface area (TPSA) is 73.5 Å². The van der Waals surface area contributed by atoms with Gasteiger partial charge in [0, 0.05) is 44.3 Å². The van der Waals surface area contributed by atoms with E-state index in [-0.39, 0.29) is 30.3 Å². The standard InChI is InChI=1S/C17H24N4O2.ClH/c22-16(19-11-13-9-18-10-13)14-5-4-8-21(12-14)17(23)20-15-6-2-1-3-7-15;/h1-3,6-7,13-14,18H,4-5,8-12H2,(H,19,22)(H,20,23);1H. The van der Waals surface area contributed by atoms with E-state index < -0.39 is 0 Å². The number of amides is 3. The van der Waals surface area contributed by atoms with E-state index in [1.54, 1.807) is 4.90 Å². The molecule has 2 aliphatic rings. The van der Waals surface area contributed by atoms with Crippen LogP contribution in [-0.4, -0.2) is 49.6 Å². The third kappa shape index (κ3) is 4.85. The summed E-state index contributed by atoms with van der Waals surface area (Å²) < 4.78 is 0. The predicted octanol–water partition coefficient (Wildman–Crippen LogP) is 1.69. The van der Waals surface area contributed by atoms with Gasteiger partial charge in [0.05, 0.1) is 5.92 Å². The van der Waals surface area contributed by atoms with Crippen molar-refractivity contribution in [2.24, 2.45) is 11.8 Å². The van der Waals surface area contributed by atoms with Gasteiger partial charge in [-0.15, -0.1) is 12.4 Å². The Hall–Kier alpha value is -1.79. The molecule has 6 nitrogen and oxygen atoms in total. The summed E-state index contributed by atoms with van der Waals surface area (Å²) in [6.07, 6.45) is 1.72. The van der Waals surface area contributed by atoms with Crippen LogP contribution in [0.3, 0.4) is 0 Å². The van der Waals surface area contributed by atoms with Crippen LogP contribution in [0.5, 0.6) is 0 Å². The summed E-state index contributed by atoms with van der Waals surface area (Å²) in [5.41, 5.74) is 0.779. The number of hydrogen-bond acceptors (Lipinski definition) is 3. The number of urea groups is 1. The Bertz CT molecular complexity index is 551. The molecule has 0 spiro atoms. The Labute approximate surface area is 148 Å². The molecule has 2 saturated heterocycles. The van der Waals surface area contributed by atoms with E-state index in [0.717, 1.165) is 38.2 Å². The Morgan fingerprint density at radius 2 is 1.96 bits per heavy atom. The first kappa shape index (κ1) is 18.5. The number of nitrogens with one attached hydrogen (secondary N) is 3. The van der Waals surface area contributed by atoms with Crippen LogP contribution >= 0.6 is 12.4 Å². The highest BCUT2D eigenvalue weighted by Gasteiger charge is 2.29.